The molecule has 0 aliphatic heterocycles. The third-order valence-electron chi connectivity index (χ3n) is 5.16. The van der Waals surface area contributed by atoms with Crippen LogP contribution in [0, 0.1) is 0 Å². The van der Waals surface area contributed by atoms with E-state index in [1.54, 1.807) is 48.0 Å². The molecule has 0 saturated carbocycles. The summed E-state index contributed by atoms with van der Waals surface area (Å²) in [5.41, 5.74) is 2.24. The second-order valence-corrected chi connectivity index (χ2v) is 8.37. The van der Waals surface area contributed by atoms with Crippen molar-refractivity contribution >= 4 is 45.7 Å². The van der Waals surface area contributed by atoms with Crippen LogP contribution in [0.2, 0.25) is 0 Å². The van der Waals surface area contributed by atoms with Gasteiger partial charge >= 0.3 is 5.97 Å². The Labute approximate surface area is 199 Å². The average molecular weight is 478 g/mol. The van der Waals surface area contributed by atoms with Crippen molar-refractivity contribution < 1.29 is 23.9 Å². The van der Waals surface area contributed by atoms with Gasteiger partial charge in [-0.25, -0.2) is 4.79 Å². The second-order valence-electron chi connectivity index (χ2n) is 7.42. The number of carbonyl (C=O) groups excluding carboxylic acids is 3. The highest BCUT2D eigenvalue weighted by Gasteiger charge is 2.26. The number of hydrogen-bond donors (Lipinski definition) is 3. The number of methoxy groups -OCH3 is 1. The fourth-order valence-electron chi connectivity index (χ4n) is 3.52. The van der Waals surface area contributed by atoms with Gasteiger partial charge in [-0.05, 0) is 35.2 Å². The number of ether oxygens (including phenoxy) is 2. The SMILES string of the molecule is COc1ccccc1NC(=O)COC(=O)[C@@H](Cc1c[nH]c2ccccc12)NC(=O)c1cccs1. The number of thiophene rings is 1. The van der Waals surface area contributed by atoms with Crippen LogP contribution >= 0.6 is 11.3 Å². The van der Waals surface area contributed by atoms with Crippen molar-refractivity contribution in [1.82, 2.24) is 10.3 Å². The number of amides is 2. The molecule has 4 rings (SSSR count). The molecule has 0 aliphatic carbocycles. The van der Waals surface area contributed by atoms with E-state index in [4.69, 9.17) is 9.47 Å². The molecule has 8 nitrogen and oxygen atoms in total. The number of hydrogen-bond acceptors (Lipinski definition) is 6. The van der Waals surface area contributed by atoms with Crippen LogP contribution < -0.4 is 15.4 Å². The number of anilines is 1. The number of aromatic amines is 1. The third kappa shape index (κ3) is 5.44. The molecule has 4 aromatic rings. The maximum absolute atomic E-state index is 12.9. The van der Waals surface area contributed by atoms with Gasteiger partial charge in [-0.1, -0.05) is 36.4 Å². The summed E-state index contributed by atoms with van der Waals surface area (Å²) in [5.74, 6) is -1.11. The number of fused-ring (bicyclic) bond motifs is 1. The first-order valence-electron chi connectivity index (χ1n) is 10.5. The summed E-state index contributed by atoms with van der Waals surface area (Å²) in [6.45, 7) is -0.504. The molecule has 2 heterocycles. The van der Waals surface area contributed by atoms with Crippen LogP contribution in [0.15, 0.2) is 72.2 Å². The van der Waals surface area contributed by atoms with Gasteiger partial charge in [0.2, 0.25) is 0 Å². The van der Waals surface area contributed by atoms with E-state index < -0.39 is 24.5 Å². The zero-order valence-corrected chi connectivity index (χ0v) is 19.2. The van der Waals surface area contributed by atoms with E-state index in [1.807, 2.05) is 24.3 Å². The van der Waals surface area contributed by atoms with Gasteiger partial charge in [-0.15, -0.1) is 11.3 Å². The lowest BCUT2D eigenvalue weighted by Crippen LogP contribution is -2.43. The quantitative estimate of drug-likeness (QED) is 0.318. The summed E-state index contributed by atoms with van der Waals surface area (Å²) in [4.78, 5) is 41.6. The molecule has 1 atom stereocenters. The number of benzene rings is 2. The minimum Gasteiger partial charge on any atom is -0.495 e. The first kappa shape index (κ1) is 23.1. The van der Waals surface area contributed by atoms with Gasteiger partial charge in [0, 0.05) is 23.5 Å². The number of aromatic nitrogens is 1. The fourth-order valence-corrected chi connectivity index (χ4v) is 4.15. The molecule has 3 N–H and O–H groups in total. The molecule has 34 heavy (non-hydrogen) atoms. The summed E-state index contributed by atoms with van der Waals surface area (Å²) in [6.07, 6.45) is 2.00. The topological polar surface area (TPSA) is 110 Å². The van der Waals surface area contributed by atoms with Crippen molar-refractivity contribution in [1.29, 1.82) is 0 Å². The Kier molecular flexibility index (Phi) is 7.24. The van der Waals surface area contributed by atoms with Crippen LogP contribution in [0.1, 0.15) is 15.2 Å². The maximum atomic E-state index is 12.9. The van der Waals surface area contributed by atoms with Gasteiger partial charge in [0.05, 0.1) is 17.7 Å². The molecule has 0 unspecified atom stereocenters. The molecule has 2 aromatic heterocycles. The lowest BCUT2D eigenvalue weighted by Gasteiger charge is -2.17. The van der Waals surface area contributed by atoms with E-state index in [9.17, 15) is 14.4 Å². The molecule has 9 heteroatoms. The van der Waals surface area contributed by atoms with Gasteiger partial charge in [-0.3, -0.25) is 9.59 Å². The molecular weight excluding hydrogens is 454 g/mol. The highest BCUT2D eigenvalue weighted by Crippen LogP contribution is 2.23. The lowest BCUT2D eigenvalue weighted by atomic mass is 10.0. The van der Waals surface area contributed by atoms with Crippen molar-refractivity contribution in [2.75, 3.05) is 19.0 Å². The van der Waals surface area contributed by atoms with E-state index in [-0.39, 0.29) is 12.3 Å². The monoisotopic (exact) mass is 477 g/mol. The highest BCUT2D eigenvalue weighted by atomic mass is 32.1. The van der Waals surface area contributed by atoms with Crippen molar-refractivity contribution in [3.05, 3.63) is 82.7 Å². The van der Waals surface area contributed by atoms with E-state index in [0.717, 1.165) is 16.5 Å². The predicted molar refractivity (Wildman–Crippen MR) is 130 cm³/mol. The smallest absolute Gasteiger partial charge is 0.329 e. The Bertz CT molecular complexity index is 1300. The largest absolute Gasteiger partial charge is 0.495 e. The Balaban J connectivity index is 1.45. The highest BCUT2D eigenvalue weighted by molar-refractivity contribution is 7.12. The van der Waals surface area contributed by atoms with Crippen LogP contribution in [0.4, 0.5) is 5.69 Å². The summed E-state index contributed by atoms with van der Waals surface area (Å²) in [5, 5.41) is 8.13. The molecule has 0 aliphatic rings. The maximum Gasteiger partial charge on any atom is 0.329 e. The minimum atomic E-state index is -0.979. The number of nitrogens with one attached hydrogen (secondary N) is 3. The van der Waals surface area contributed by atoms with E-state index in [1.165, 1.54) is 18.4 Å². The van der Waals surface area contributed by atoms with Gasteiger partial charge in [-0.2, -0.15) is 0 Å². The Morgan fingerprint density at radius 3 is 2.62 bits per heavy atom. The van der Waals surface area contributed by atoms with E-state index in [2.05, 4.69) is 15.6 Å². The number of para-hydroxylation sites is 3. The number of H-pyrrole nitrogens is 1. The van der Waals surface area contributed by atoms with Crippen molar-refractivity contribution in [3.8, 4) is 5.75 Å². The standard InChI is InChI=1S/C25H23N3O5S/c1-32-21-10-5-4-9-19(21)27-23(29)15-33-25(31)20(28-24(30)22-11-6-12-34-22)13-16-14-26-18-8-3-2-7-17(16)18/h2-12,14,20,26H,13,15H2,1H3,(H,27,29)(H,28,30)/t20-/m1/s1. The zero-order valence-electron chi connectivity index (χ0n) is 18.4. The van der Waals surface area contributed by atoms with Crippen molar-refractivity contribution in [2.45, 2.75) is 12.5 Å². The van der Waals surface area contributed by atoms with Crippen molar-refractivity contribution in [2.24, 2.45) is 0 Å². The number of carbonyl (C=O) groups is 3. The molecule has 0 fully saturated rings. The third-order valence-corrected chi connectivity index (χ3v) is 6.03. The van der Waals surface area contributed by atoms with Gasteiger partial charge in [0.1, 0.15) is 11.8 Å². The summed E-state index contributed by atoms with van der Waals surface area (Å²) < 4.78 is 10.5. The predicted octanol–water partition coefficient (Wildman–Crippen LogP) is 3.76. The van der Waals surface area contributed by atoms with Crippen molar-refractivity contribution in [3.63, 3.8) is 0 Å². The summed E-state index contributed by atoms with van der Waals surface area (Å²) in [7, 11) is 1.50. The molecule has 0 saturated heterocycles. The second kappa shape index (κ2) is 10.7. The Morgan fingerprint density at radius 1 is 1.03 bits per heavy atom. The van der Waals surface area contributed by atoms with Gasteiger partial charge in [0.25, 0.3) is 11.8 Å². The number of esters is 1. The normalized spacial score (nSPS) is 11.6. The van der Waals surface area contributed by atoms with E-state index >= 15 is 0 Å². The van der Waals surface area contributed by atoms with Crippen LogP contribution in [0.5, 0.6) is 5.75 Å². The van der Waals surface area contributed by atoms with Crippen LogP contribution in [-0.2, 0) is 20.7 Å². The molecular formula is C25H23N3O5S. The number of rotatable bonds is 9. The molecule has 2 aromatic carbocycles. The average Bonchev–Trinajstić information content (AvgIpc) is 3.53. The lowest BCUT2D eigenvalue weighted by molar-refractivity contribution is -0.149. The molecule has 2 amide bonds. The minimum absolute atomic E-state index is 0.202. The Hall–Kier alpha value is -4.11. The van der Waals surface area contributed by atoms with Crippen LogP contribution in [-0.4, -0.2) is 42.5 Å². The molecule has 0 bridgehead atoms. The van der Waals surface area contributed by atoms with Crippen LogP contribution in [0.3, 0.4) is 0 Å². The molecule has 0 radical (unpaired) electrons. The summed E-state index contributed by atoms with van der Waals surface area (Å²) in [6, 6.07) is 17.0. The van der Waals surface area contributed by atoms with Crippen LogP contribution in [0.25, 0.3) is 10.9 Å². The van der Waals surface area contributed by atoms with E-state index in [0.29, 0.717) is 16.3 Å². The van der Waals surface area contributed by atoms with Gasteiger partial charge in [0.15, 0.2) is 6.61 Å². The zero-order chi connectivity index (χ0) is 23.9. The molecule has 174 valence electrons. The first-order chi connectivity index (χ1) is 16.5. The molecule has 0 spiro atoms. The van der Waals surface area contributed by atoms with Gasteiger partial charge < -0.3 is 25.1 Å². The fraction of sp³-hybridized carbons (Fsp3) is 0.160. The Morgan fingerprint density at radius 2 is 1.82 bits per heavy atom. The summed E-state index contributed by atoms with van der Waals surface area (Å²) >= 11 is 1.27. The first-order valence-corrected chi connectivity index (χ1v) is 11.4.